The van der Waals surface area contributed by atoms with Gasteiger partial charge >= 0.3 is 5.97 Å². The number of H-pyrrole nitrogens is 1. The number of carbonyl (C=O) groups excluding carboxylic acids is 2. The molecule has 0 saturated carbocycles. The van der Waals surface area contributed by atoms with Gasteiger partial charge in [-0.25, -0.2) is 4.79 Å². The number of hydrogen-bond donors (Lipinski definition) is 3. The Morgan fingerprint density at radius 2 is 1.83 bits per heavy atom. The van der Waals surface area contributed by atoms with Crippen molar-refractivity contribution in [1.29, 1.82) is 0 Å². The Bertz CT molecular complexity index is 1480. The molecule has 0 fully saturated rings. The Balaban J connectivity index is 1.69. The quantitative estimate of drug-likeness (QED) is 0.277. The summed E-state index contributed by atoms with van der Waals surface area (Å²) in [5.74, 6) is -0.691. The minimum Gasteiger partial charge on any atom is -0.506 e. The van der Waals surface area contributed by atoms with Crippen molar-refractivity contribution in [2.45, 2.75) is 32.7 Å². The van der Waals surface area contributed by atoms with Crippen LogP contribution in [0.25, 0.3) is 0 Å². The third-order valence-corrected chi connectivity index (χ3v) is 6.44. The van der Waals surface area contributed by atoms with Crippen LogP contribution in [0.5, 0.6) is 34.5 Å². The molecule has 1 aliphatic rings. The maximum atomic E-state index is 13.3. The number of aromatic nitrogens is 1. The molecule has 1 amide bonds. The van der Waals surface area contributed by atoms with E-state index < -0.39 is 29.1 Å². The fourth-order valence-corrected chi connectivity index (χ4v) is 4.52. The first-order chi connectivity index (χ1) is 19.8. The average Bonchev–Trinajstić information content (AvgIpc) is 3.44. The van der Waals surface area contributed by atoms with Crippen LogP contribution in [0.1, 0.15) is 53.2 Å². The van der Waals surface area contributed by atoms with Gasteiger partial charge in [-0.05, 0) is 49.2 Å². The summed E-state index contributed by atoms with van der Waals surface area (Å²) in [5.41, 5.74) is 0.0810. The van der Waals surface area contributed by atoms with Gasteiger partial charge in [-0.3, -0.25) is 9.59 Å². The number of hydrogen-bond acceptors (Lipinski definition) is 10. The highest BCUT2D eigenvalue weighted by molar-refractivity contribution is 5.92. The largest absolute Gasteiger partial charge is 0.506 e. The first kappa shape index (κ1) is 29.1. The lowest BCUT2D eigenvalue weighted by molar-refractivity contribution is -0.121. The molecular weight excluding hydrogens is 536 g/mol. The van der Waals surface area contributed by atoms with Gasteiger partial charge in [0.1, 0.15) is 11.3 Å². The standard InChI is InChI=1S/C29H32N2O10/c1-5-38-21-9-16(7-8-20(21)36-3)13-30-24(32)12-18(17-10-22(37-4)27-23(11-17)40-15-41-27)25-26(33)19(14-31-28(25)34)29(35)39-6-2/h7-11,14,18H,5-6,12-13,15H2,1-4H3,(H,30,32)(H2,31,33,34). The normalized spacial score (nSPS) is 12.4. The van der Waals surface area contributed by atoms with Gasteiger partial charge in [0.05, 0.1) is 33.0 Å². The van der Waals surface area contributed by atoms with Crippen LogP contribution in [-0.4, -0.2) is 56.2 Å². The molecule has 41 heavy (non-hydrogen) atoms. The number of methoxy groups -OCH3 is 2. The van der Waals surface area contributed by atoms with E-state index in [9.17, 15) is 19.5 Å². The Morgan fingerprint density at radius 1 is 1.05 bits per heavy atom. The number of rotatable bonds is 12. The van der Waals surface area contributed by atoms with Crippen molar-refractivity contribution in [3.8, 4) is 34.5 Å². The van der Waals surface area contributed by atoms with E-state index in [0.29, 0.717) is 40.9 Å². The highest BCUT2D eigenvalue weighted by Gasteiger charge is 2.31. The third kappa shape index (κ3) is 6.32. The summed E-state index contributed by atoms with van der Waals surface area (Å²) >= 11 is 0. The maximum Gasteiger partial charge on any atom is 0.343 e. The summed E-state index contributed by atoms with van der Waals surface area (Å²) in [5, 5.41) is 13.9. The number of pyridine rings is 1. The van der Waals surface area contributed by atoms with E-state index in [2.05, 4.69) is 10.3 Å². The van der Waals surface area contributed by atoms with Crippen LogP contribution in [0.2, 0.25) is 0 Å². The van der Waals surface area contributed by atoms with Gasteiger partial charge in [0.25, 0.3) is 5.56 Å². The Labute approximate surface area is 236 Å². The Kier molecular flexibility index (Phi) is 9.23. The van der Waals surface area contributed by atoms with Crippen LogP contribution in [0.15, 0.2) is 41.3 Å². The summed E-state index contributed by atoms with van der Waals surface area (Å²) in [6.45, 7) is 4.10. The fraction of sp³-hybridized carbons (Fsp3) is 0.345. The molecule has 3 N–H and O–H groups in total. The molecule has 12 nitrogen and oxygen atoms in total. The molecule has 2 heterocycles. The van der Waals surface area contributed by atoms with Gasteiger partial charge in [-0.2, -0.15) is 0 Å². The minimum absolute atomic E-state index is 0.0317. The molecule has 1 atom stereocenters. The van der Waals surface area contributed by atoms with Crippen LogP contribution >= 0.6 is 0 Å². The van der Waals surface area contributed by atoms with Crippen LogP contribution in [0, 0.1) is 0 Å². The number of aromatic amines is 1. The molecule has 0 spiro atoms. The second-order valence-corrected chi connectivity index (χ2v) is 8.92. The average molecular weight is 569 g/mol. The summed E-state index contributed by atoms with van der Waals surface area (Å²) < 4.78 is 32.4. The lowest BCUT2D eigenvalue weighted by Gasteiger charge is -2.20. The molecule has 0 aliphatic carbocycles. The number of amides is 1. The zero-order valence-electron chi connectivity index (χ0n) is 23.2. The Morgan fingerprint density at radius 3 is 2.54 bits per heavy atom. The number of fused-ring (bicyclic) bond motifs is 1. The van der Waals surface area contributed by atoms with Crippen molar-refractivity contribution < 1.29 is 43.1 Å². The van der Waals surface area contributed by atoms with Crippen LogP contribution < -0.4 is 34.6 Å². The van der Waals surface area contributed by atoms with Gasteiger partial charge in [-0.1, -0.05) is 6.07 Å². The van der Waals surface area contributed by atoms with E-state index in [0.717, 1.165) is 11.8 Å². The second kappa shape index (κ2) is 13.0. The molecular formula is C29H32N2O10. The molecule has 4 rings (SSSR count). The molecule has 2 aromatic carbocycles. The summed E-state index contributed by atoms with van der Waals surface area (Å²) in [6, 6.07) is 8.51. The summed E-state index contributed by atoms with van der Waals surface area (Å²) in [7, 11) is 2.98. The van der Waals surface area contributed by atoms with Gasteiger partial charge in [0.15, 0.2) is 23.0 Å². The number of aromatic hydroxyl groups is 1. The van der Waals surface area contributed by atoms with Gasteiger partial charge < -0.3 is 43.8 Å². The van der Waals surface area contributed by atoms with Crippen molar-refractivity contribution in [3.63, 3.8) is 0 Å². The molecule has 12 heteroatoms. The Hall–Kier alpha value is -4.87. The highest BCUT2D eigenvalue weighted by atomic mass is 16.7. The third-order valence-electron chi connectivity index (χ3n) is 6.44. The highest BCUT2D eigenvalue weighted by Crippen LogP contribution is 2.45. The molecule has 0 bridgehead atoms. The summed E-state index contributed by atoms with van der Waals surface area (Å²) in [6.07, 6.45) is 0.816. The minimum atomic E-state index is -1.01. The van der Waals surface area contributed by atoms with Gasteiger partial charge in [0, 0.05) is 25.1 Å². The van der Waals surface area contributed by atoms with E-state index in [-0.39, 0.29) is 37.5 Å². The van der Waals surface area contributed by atoms with E-state index in [4.69, 9.17) is 28.4 Å². The first-order valence-electron chi connectivity index (χ1n) is 13.0. The molecule has 1 aliphatic heterocycles. The topological polar surface area (TPSA) is 155 Å². The molecule has 0 saturated heterocycles. The predicted molar refractivity (Wildman–Crippen MR) is 146 cm³/mol. The number of esters is 1. The van der Waals surface area contributed by atoms with E-state index in [1.807, 2.05) is 6.92 Å². The van der Waals surface area contributed by atoms with Crippen LogP contribution in [0.3, 0.4) is 0 Å². The van der Waals surface area contributed by atoms with E-state index in [1.54, 1.807) is 44.4 Å². The SMILES string of the molecule is CCOC(=O)c1c[nH]c(=O)c(C(CC(=O)NCc2ccc(OC)c(OCC)c2)c2cc(OC)c3c(c2)OCO3)c1O. The number of nitrogens with one attached hydrogen (secondary N) is 2. The zero-order chi connectivity index (χ0) is 29.5. The fourth-order valence-electron chi connectivity index (χ4n) is 4.52. The lowest BCUT2D eigenvalue weighted by atomic mass is 9.87. The smallest absolute Gasteiger partial charge is 0.343 e. The first-order valence-corrected chi connectivity index (χ1v) is 13.0. The second-order valence-electron chi connectivity index (χ2n) is 8.92. The van der Waals surface area contributed by atoms with Crippen molar-refractivity contribution in [2.75, 3.05) is 34.2 Å². The molecule has 0 radical (unpaired) electrons. The zero-order valence-corrected chi connectivity index (χ0v) is 23.2. The number of ether oxygens (including phenoxy) is 6. The monoisotopic (exact) mass is 568 g/mol. The number of carbonyl (C=O) groups is 2. The van der Waals surface area contributed by atoms with Crippen LogP contribution in [-0.2, 0) is 16.1 Å². The van der Waals surface area contributed by atoms with E-state index >= 15 is 0 Å². The van der Waals surface area contributed by atoms with Crippen molar-refractivity contribution in [2.24, 2.45) is 0 Å². The molecule has 1 aromatic heterocycles. The lowest BCUT2D eigenvalue weighted by Crippen LogP contribution is -2.28. The number of benzene rings is 2. The maximum absolute atomic E-state index is 13.3. The predicted octanol–water partition coefficient (Wildman–Crippen LogP) is 3.24. The van der Waals surface area contributed by atoms with Crippen molar-refractivity contribution >= 4 is 11.9 Å². The van der Waals surface area contributed by atoms with Crippen molar-refractivity contribution in [1.82, 2.24) is 10.3 Å². The molecule has 1 unspecified atom stereocenters. The molecule has 218 valence electrons. The van der Waals surface area contributed by atoms with Crippen LogP contribution in [0.4, 0.5) is 0 Å². The molecule has 3 aromatic rings. The van der Waals surface area contributed by atoms with Crippen molar-refractivity contribution in [3.05, 3.63) is 69.1 Å². The van der Waals surface area contributed by atoms with Gasteiger partial charge in [0.2, 0.25) is 18.4 Å². The summed E-state index contributed by atoms with van der Waals surface area (Å²) in [4.78, 5) is 41.3. The van der Waals surface area contributed by atoms with Gasteiger partial charge in [-0.15, -0.1) is 0 Å². The van der Waals surface area contributed by atoms with E-state index in [1.165, 1.54) is 7.11 Å².